The van der Waals surface area contributed by atoms with Crippen molar-refractivity contribution in [1.29, 1.82) is 0 Å². The number of aliphatic hydroxyl groups is 4. The Morgan fingerprint density at radius 2 is 0.741 bits per heavy atom. The standard InChI is InChI=1S/C48H95NO5/c1-3-5-7-9-11-13-15-17-19-20-21-22-23-24-25-26-27-28-30-32-34-36-38-40-42-46(52)48(54)49-44(43-50)47(53)45(51)41-39-37-35-33-31-29-18-16-14-12-10-8-6-4-2/h24-25,44-47,50-53H,3-23,26-43H2,1-2H3,(H,49,54)/b25-24-. The third-order valence-electron chi connectivity index (χ3n) is 11.5. The summed E-state index contributed by atoms with van der Waals surface area (Å²) in [5, 5.41) is 43.8. The zero-order valence-electron chi connectivity index (χ0n) is 36.2. The van der Waals surface area contributed by atoms with Crippen LogP contribution >= 0.6 is 0 Å². The minimum absolute atomic E-state index is 0.368. The maximum absolute atomic E-state index is 12.5. The summed E-state index contributed by atoms with van der Waals surface area (Å²) in [6.07, 6.45) is 48.2. The molecule has 322 valence electrons. The number of aliphatic hydroxyl groups excluding tert-OH is 4. The molecule has 0 rings (SSSR count). The molecule has 54 heavy (non-hydrogen) atoms. The van der Waals surface area contributed by atoms with Gasteiger partial charge in [0.2, 0.25) is 5.91 Å². The van der Waals surface area contributed by atoms with Crippen LogP contribution in [0.1, 0.15) is 258 Å². The SMILES string of the molecule is CCCCCCCCCCCCCC/C=C\CCCCCCCCCCC(O)C(=O)NC(CO)C(O)C(O)CCCCCCCCCCCCCCCC. The van der Waals surface area contributed by atoms with Crippen molar-refractivity contribution in [2.75, 3.05) is 6.61 Å². The van der Waals surface area contributed by atoms with E-state index in [-0.39, 0.29) is 0 Å². The topological polar surface area (TPSA) is 110 Å². The highest BCUT2D eigenvalue weighted by atomic mass is 16.3. The molecule has 0 saturated heterocycles. The molecule has 0 aromatic rings. The van der Waals surface area contributed by atoms with E-state index in [1.165, 1.54) is 193 Å². The molecular formula is C48H95NO5. The van der Waals surface area contributed by atoms with E-state index in [9.17, 15) is 25.2 Å². The molecule has 0 aromatic heterocycles. The summed E-state index contributed by atoms with van der Waals surface area (Å²) < 4.78 is 0. The molecule has 0 saturated carbocycles. The number of nitrogens with one attached hydrogen (secondary N) is 1. The van der Waals surface area contributed by atoms with E-state index in [0.29, 0.717) is 12.8 Å². The molecule has 0 spiro atoms. The maximum Gasteiger partial charge on any atom is 0.249 e. The van der Waals surface area contributed by atoms with E-state index in [2.05, 4.69) is 31.3 Å². The minimum atomic E-state index is -1.26. The van der Waals surface area contributed by atoms with Crippen molar-refractivity contribution in [3.63, 3.8) is 0 Å². The zero-order valence-corrected chi connectivity index (χ0v) is 36.2. The van der Waals surface area contributed by atoms with Crippen LogP contribution in [0.2, 0.25) is 0 Å². The van der Waals surface area contributed by atoms with Crippen LogP contribution in [0.4, 0.5) is 0 Å². The average Bonchev–Trinajstić information content (AvgIpc) is 3.18. The molecule has 0 aromatic carbocycles. The fourth-order valence-corrected chi connectivity index (χ4v) is 7.64. The Kier molecular flexibility index (Phi) is 42.4. The number of rotatable bonds is 44. The second kappa shape index (κ2) is 43.2. The predicted molar refractivity (Wildman–Crippen MR) is 233 cm³/mol. The monoisotopic (exact) mass is 766 g/mol. The Bertz CT molecular complexity index is 776. The summed E-state index contributed by atoms with van der Waals surface area (Å²) in [5.74, 6) is -0.583. The highest BCUT2D eigenvalue weighted by Crippen LogP contribution is 2.17. The highest BCUT2D eigenvalue weighted by molar-refractivity contribution is 5.80. The van der Waals surface area contributed by atoms with Crippen LogP contribution in [0, 0.1) is 0 Å². The van der Waals surface area contributed by atoms with Crippen molar-refractivity contribution in [3.05, 3.63) is 12.2 Å². The summed E-state index contributed by atoms with van der Waals surface area (Å²) in [7, 11) is 0. The Labute approximate surface area is 336 Å². The molecule has 1 amide bonds. The van der Waals surface area contributed by atoms with Crippen LogP contribution in [0.25, 0.3) is 0 Å². The zero-order chi connectivity index (χ0) is 39.6. The molecule has 0 heterocycles. The van der Waals surface area contributed by atoms with Crippen LogP contribution in [-0.2, 0) is 4.79 Å². The molecule has 5 N–H and O–H groups in total. The van der Waals surface area contributed by atoms with Crippen LogP contribution in [0.3, 0.4) is 0 Å². The van der Waals surface area contributed by atoms with Crippen LogP contribution in [-0.4, -0.2) is 57.3 Å². The average molecular weight is 766 g/mol. The lowest BCUT2D eigenvalue weighted by Crippen LogP contribution is -2.53. The first-order valence-electron chi connectivity index (χ1n) is 24.1. The van der Waals surface area contributed by atoms with Gasteiger partial charge in [0.05, 0.1) is 18.8 Å². The van der Waals surface area contributed by atoms with Gasteiger partial charge in [0.15, 0.2) is 0 Å². The minimum Gasteiger partial charge on any atom is -0.394 e. The molecule has 4 unspecified atom stereocenters. The number of hydrogen-bond acceptors (Lipinski definition) is 5. The normalized spacial score (nSPS) is 14.1. The molecule has 0 fully saturated rings. The first-order chi connectivity index (χ1) is 26.5. The number of amides is 1. The van der Waals surface area contributed by atoms with E-state index in [1.807, 2.05) is 0 Å². The van der Waals surface area contributed by atoms with Crippen molar-refractivity contribution < 1.29 is 25.2 Å². The molecule has 0 bridgehead atoms. The Balaban J connectivity index is 3.66. The predicted octanol–water partition coefficient (Wildman–Crippen LogP) is 13.0. The number of carbonyl (C=O) groups is 1. The van der Waals surface area contributed by atoms with Crippen molar-refractivity contribution in [2.24, 2.45) is 0 Å². The summed E-state index contributed by atoms with van der Waals surface area (Å²) >= 11 is 0. The molecule has 0 aliphatic heterocycles. The number of hydrogen-bond donors (Lipinski definition) is 5. The largest absolute Gasteiger partial charge is 0.394 e. The lowest BCUT2D eigenvalue weighted by atomic mass is 9.99. The third kappa shape index (κ3) is 36.7. The first kappa shape index (κ1) is 53.0. The molecule has 6 nitrogen and oxygen atoms in total. The summed E-state index contributed by atoms with van der Waals surface area (Å²) in [6, 6.07) is -0.983. The molecule has 0 aliphatic rings. The van der Waals surface area contributed by atoms with E-state index in [0.717, 1.165) is 38.5 Å². The van der Waals surface area contributed by atoms with E-state index in [1.54, 1.807) is 0 Å². The van der Waals surface area contributed by atoms with Gasteiger partial charge < -0.3 is 25.7 Å². The van der Waals surface area contributed by atoms with Crippen molar-refractivity contribution in [3.8, 4) is 0 Å². The Hall–Kier alpha value is -0.950. The smallest absolute Gasteiger partial charge is 0.249 e. The molecular weight excluding hydrogens is 671 g/mol. The Morgan fingerprint density at radius 3 is 1.07 bits per heavy atom. The van der Waals surface area contributed by atoms with Gasteiger partial charge in [0, 0.05) is 0 Å². The molecule has 4 atom stereocenters. The van der Waals surface area contributed by atoms with Gasteiger partial charge in [-0.15, -0.1) is 0 Å². The lowest BCUT2D eigenvalue weighted by Gasteiger charge is -2.27. The maximum atomic E-state index is 12.5. The molecule has 0 radical (unpaired) electrons. The summed E-state index contributed by atoms with van der Waals surface area (Å²) in [6.45, 7) is 4.07. The van der Waals surface area contributed by atoms with Crippen LogP contribution in [0.15, 0.2) is 12.2 Å². The third-order valence-corrected chi connectivity index (χ3v) is 11.5. The van der Waals surface area contributed by atoms with Gasteiger partial charge in [-0.2, -0.15) is 0 Å². The molecule has 6 heteroatoms. The lowest BCUT2D eigenvalue weighted by molar-refractivity contribution is -0.132. The first-order valence-corrected chi connectivity index (χ1v) is 24.1. The number of allylic oxidation sites excluding steroid dienone is 2. The van der Waals surface area contributed by atoms with Gasteiger partial charge in [-0.25, -0.2) is 0 Å². The summed E-state index contributed by atoms with van der Waals surface area (Å²) in [5.41, 5.74) is 0. The van der Waals surface area contributed by atoms with E-state index < -0.39 is 36.9 Å². The fourth-order valence-electron chi connectivity index (χ4n) is 7.64. The van der Waals surface area contributed by atoms with Gasteiger partial charge in [-0.1, -0.05) is 231 Å². The van der Waals surface area contributed by atoms with Crippen LogP contribution in [0.5, 0.6) is 0 Å². The van der Waals surface area contributed by atoms with Crippen LogP contribution < -0.4 is 5.32 Å². The second-order valence-corrected chi connectivity index (χ2v) is 16.8. The van der Waals surface area contributed by atoms with Crippen molar-refractivity contribution in [2.45, 2.75) is 282 Å². The van der Waals surface area contributed by atoms with Crippen molar-refractivity contribution >= 4 is 5.91 Å². The van der Waals surface area contributed by atoms with E-state index in [4.69, 9.17) is 0 Å². The molecule has 0 aliphatic carbocycles. The quantitative estimate of drug-likeness (QED) is 0.0313. The van der Waals surface area contributed by atoms with Gasteiger partial charge in [0.25, 0.3) is 0 Å². The fraction of sp³-hybridized carbons (Fsp3) is 0.938. The van der Waals surface area contributed by atoms with Gasteiger partial charge in [-0.3, -0.25) is 4.79 Å². The van der Waals surface area contributed by atoms with Gasteiger partial charge in [-0.05, 0) is 38.5 Å². The van der Waals surface area contributed by atoms with E-state index >= 15 is 0 Å². The number of carbonyl (C=O) groups excluding carboxylic acids is 1. The Morgan fingerprint density at radius 1 is 0.444 bits per heavy atom. The van der Waals surface area contributed by atoms with Gasteiger partial charge in [0.1, 0.15) is 12.2 Å². The highest BCUT2D eigenvalue weighted by Gasteiger charge is 2.28. The van der Waals surface area contributed by atoms with Gasteiger partial charge >= 0.3 is 0 Å². The van der Waals surface area contributed by atoms with Crippen molar-refractivity contribution in [1.82, 2.24) is 5.32 Å². The summed E-state index contributed by atoms with van der Waals surface area (Å²) in [4.78, 5) is 12.5. The number of unbranched alkanes of at least 4 members (excludes halogenated alkanes) is 33. The second-order valence-electron chi connectivity index (χ2n) is 16.8.